The van der Waals surface area contributed by atoms with Crippen LogP contribution in [0.25, 0.3) is 5.65 Å². The number of halogens is 1. The monoisotopic (exact) mass is 452 g/mol. The number of aromatic nitrogens is 5. The first-order valence-electron chi connectivity index (χ1n) is 11.1. The molecule has 3 N–H and O–H groups in total. The lowest BCUT2D eigenvalue weighted by atomic mass is 10.0. The standard InChI is InChI=1S/C22H25FN8O2/c1-11(2)26-22(32)33-17-6-5-14(19(17)23)16-7-18(30-29-16)28-21-25-9-15(12-3-4-12)20-27-13(8-24)10-31(20)21/h7,9-12,14,17,19H,3-6H2,1-2H3,(H,26,32)(H2,25,28,29,30)/t14-,17-,19+/m1/s1. The summed E-state index contributed by atoms with van der Waals surface area (Å²) < 4.78 is 22.0. The number of H-pyrrole nitrogens is 1. The zero-order valence-corrected chi connectivity index (χ0v) is 18.4. The molecule has 2 fully saturated rings. The summed E-state index contributed by atoms with van der Waals surface area (Å²) in [5.41, 5.74) is 2.68. The van der Waals surface area contributed by atoms with Gasteiger partial charge in [-0.2, -0.15) is 10.4 Å². The molecule has 3 heterocycles. The van der Waals surface area contributed by atoms with Crippen molar-refractivity contribution in [2.45, 2.75) is 69.7 Å². The first-order chi connectivity index (χ1) is 15.9. The number of nitrogens with one attached hydrogen (secondary N) is 3. The van der Waals surface area contributed by atoms with Crippen molar-refractivity contribution < 1.29 is 13.9 Å². The third-order valence-electron chi connectivity index (χ3n) is 6.05. The molecule has 3 atom stereocenters. The molecule has 0 saturated heterocycles. The van der Waals surface area contributed by atoms with Gasteiger partial charge in [-0.15, -0.1) is 0 Å². The smallest absolute Gasteiger partial charge is 0.407 e. The van der Waals surface area contributed by atoms with Gasteiger partial charge in [0.1, 0.15) is 24.0 Å². The van der Waals surface area contributed by atoms with Gasteiger partial charge in [0, 0.05) is 35.5 Å². The number of rotatable bonds is 6. The van der Waals surface area contributed by atoms with Gasteiger partial charge in [-0.1, -0.05) is 0 Å². The predicted molar refractivity (Wildman–Crippen MR) is 117 cm³/mol. The van der Waals surface area contributed by atoms with Gasteiger partial charge in [0.2, 0.25) is 5.95 Å². The molecular weight excluding hydrogens is 427 g/mol. The Bertz CT molecular complexity index is 1220. The number of hydrogen-bond acceptors (Lipinski definition) is 7. The number of hydrogen-bond donors (Lipinski definition) is 3. The molecule has 0 radical (unpaired) electrons. The Balaban J connectivity index is 1.31. The van der Waals surface area contributed by atoms with Crippen LogP contribution < -0.4 is 10.6 Å². The van der Waals surface area contributed by atoms with E-state index < -0.39 is 24.3 Å². The number of alkyl halides is 1. The summed E-state index contributed by atoms with van der Waals surface area (Å²) in [6, 6.07) is 3.73. The highest BCUT2D eigenvalue weighted by molar-refractivity contribution is 5.67. The van der Waals surface area contributed by atoms with Crippen LogP contribution in [0.15, 0.2) is 18.5 Å². The molecular formula is C22H25FN8O2. The van der Waals surface area contributed by atoms with Crippen LogP contribution in [0.1, 0.15) is 68.3 Å². The molecule has 3 aromatic rings. The fraction of sp³-hybridized carbons (Fsp3) is 0.500. The number of anilines is 2. The largest absolute Gasteiger partial charge is 0.443 e. The van der Waals surface area contributed by atoms with E-state index in [0.29, 0.717) is 47.6 Å². The lowest BCUT2D eigenvalue weighted by molar-refractivity contribution is 0.0555. The van der Waals surface area contributed by atoms with Gasteiger partial charge in [0.05, 0.1) is 6.20 Å². The van der Waals surface area contributed by atoms with E-state index in [1.54, 1.807) is 22.9 Å². The van der Waals surface area contributed by atoms with Gasteiger partial charge in [-0.05, 0) is 45.4 Å². The Morgan fingerprint density at radius 2 is 2.18 bits per heavy atom. The molecule has 2 aliphatic carbocycles. The highest BCUT2D eigenvalue weighted by Crippen LogP contribution is 2.42. The summed E-state index contributed by atoms with van der Waals surface area (Å²) >= 11 is 0. The van der Waals surface area contributed by atoms with Gasteiger partial charge in [-0.25, -0.2) is 19.2 Å². The maximum Gasteiger partial charge on any atom is 0.407 e. The molecule has 0 aliphatic heterocycles. The zero-order chi connectivity index (χ0) is 23.1. The number of carbonyl (C=O) groups excluding carboxylic acids is 1. The SMILES string of the molecule is CC(C)NC(=O)O[C@@H]1CC[C@H](c2cc(Nc3ncc(C4CC4)c4nc(C#N)cn34)n[nH]2)[C@@H]1F. The summed E-state index contributed by atoms with van der Waals surface area (Å²) in [7, 11) is 0. The number of alkyl carbamates (subject to hydrolysis) is 1. The number of fused-ring (bicyclic) bond motifs is 1. The second-order valence-corrected chi connectivity index (χ2v) is 8.95. The van der Waals surface area contributed by atoms with Gasteiger partial charge < -0.3 is 15.4 Å². The van der Waals surface area contributed by atoms with Gasteiger partial charge in [0.25, 0.3) is 0 Å². The normalized spacial score (nSPS) is 22.5. The lowest BCUT2D eigenvalue weighted by Gasteiger charge is -2.18. The molecule has 0 unspecified atom stereocenters. The average Bonchev–Trinajstić information content (AvgIpc) is 3.18. The second-order valence-electron chi connectivity index (χ2n) is 8.95. The number of nitriles is 1. The summed E-state index contributed by atoms with van der Waals surface area (Å²) in [5, 5.41) is 22.2. The maximum atomic E-state index is 15.0. The van der Waals surface area contributed by atoms with Gasteiger partial charge in [0.15, 0.2) is 11.5 Å². The molecule has 1 amide bonds. The topological polar surface area (TPSA) is 133 Å². The molecule has 172 valence electrons. The number of imidazole rings is 1. The van der Waals surface area contributed by atoms with Crippen molar-refractivity contribution in [1.82, 2.24) is 29.9 Å². The summed E-state index contributed by atoms with van der Waals surface area (Å²) in [6.45, 7) is 3.63. The van der Waals surface area contributed by atoms with Crippen molar-refractivity contribution in [3.8, 4) is 6.07 Å². The fourth-order valence-corrected chi connectivity index (χ4v) is 4.31. The van der Waals surface area contributed by atoms with Crippen LogP contribution in [0.2, 0.25) is 0 Å². The van der Waals surface area contributed by atoms with Gasteiger partial charge >= 0.3 is 6.09 Å². The molecule has 3 aromatic heterocycles. The lowest BCUT2D eigenvalue weighted by Crippen LogP contribution is -2.36. The van der Waals surface area contributed by atoms with Gasteiger partial charge in [-0.3, -0.25) is 9.50 Å². The van der Waals surface area contributed by atoms with E-state index in [1.807, 2.05) is 13.8 Å². The summed E-state index contributed by atoms with van der Waals surface area (Å²) in [6.07, 6.45) is 3.87. The van der Waals surface area contributed by atoms with Crippen LogP contribution in [0.4, 0.5) is 21.0 Å². The van der Waals surface area contributed by atoms with Crippen molar-refractivity contribution >= 4 is 23.5 Å². The highest BCUT2D eigenvalue weighted by Gasteiger charge is 2.41. The van der Waals surface area contributed by atoms with E-state index in [2.05, 4.69) is 36.9 Å². The molecule has 2 saturated carbocycles. The van der Waals surface area contributed by atoms with Crippen molar-refractivity contribution in [2.24, 2.45) is 0 Å². The van der Waals surface area contributed by atoms with Crippen LogP contribution in [-0.4, -0.2) is 49.0 Å². The predicted octanol–water partition coefficient (Wildman–Crippen LogP) is 3.66. The van der Waals surface area contributed by atoms with E-state index in [9.17, 15) is 10.1 Å². The van der Waals surface area contributed by atoms with E-state index >= 15 is 4.39 Å². The minimum Gasteiger partial charge on any atom is -0.443 e. The van der Waals surface area contributed by atoms with Crippen LogP contribution in [0.5, 0.6) is 0 Å². The molecule has 0 bridgehead atoms. The Labute approximate surface area is 189 Å². The molecule has 10 nitrogen and oxygen atoms in total. The number of carbonyl (C=O) groups is 1. The minimum atomic E-state index is -1.33. The zero-order valence-electron chi connectivity index (χ0n) is 18.4. The van der Waals surface area contributed by atoms with E-state index in [4.69, 9.17) is 4.74 Å². The van der Waals surface area contributed by atoms with Crippen molar-refractivity contribution in [3.05, 3.63) is 35.4 Å². The van der Waals surface area contributed by atoms with Crippen LogP contribution in [-0.2, 0) is 4.74 Å². The van der Waals surface area contributed by atoms with Crippen molar-refractivity contribution in [1.29, 1.82) is 5.26 Å². The first kappa shape index (κ1) is 21.2. The van der Waals surface area contributed by atoms with Crippen LogP contribution >= 0.6 is 0 Å². The molecule has 33 heavy (non-hydrogen) atoms. The number of ether oxygens (including phenoxy) is 1. The second kappa shape index (κ2) is 8.35. The van der Waals surface area contributed by atoms with Crippen LogP contribution in [0.3, 0.4) is 0 Å². The maximum absolute atomic E-state index is 15.0. The van der Waals surface area contributed by atoms with Crippen molar-refractivity contribution in [2.75, 3.05) is 5.32 Å². The van der Waals surface area contributed by atoms with Crippen molar-refractivity contribution in [3.63, 3.8) is 0 Å². The molecule has 0 spiro atoms. The third-order valence-corrected chi connectivity index (χ3v) is 6.05. The highest BCUT2D eigenvalue weighted by atomic mass is 19.1. The average molecular weight is 452 g/mol. The third kappa shape index (κ3) is 4.20. The molecule has 0 aromatic carbocycles. The van der Waals surface area contributed by atoms with E-state index in [-0.39, 0.29) is 6.04 Å². The quantitative estimate of drug-likeness (QED) is 0.520. The minimum absolute atomic E-state index is 0.0767. The molecule has 11 heteroatoms. The van der Waals surface area contributed by atoms with E-state index in [0.717, 1.165) is 18.4 Å². The summed E-state index contributed by atoms with van der Waals surface area (Å²) in [4.78, 5) is 20.8. The Kier molecular flexibility index (Phi) is 5.36. The molecule has 5 rings (SSSR count). The summed E-state index contributed by atoms with van der Waals surface area (Å²) in [5.74, 6) is 0.922. The fourth-order valence-electron chi connectivity index (χ4n) is 4.31. The van der Waals surface area contributed by atoms with Crippen LogP contribution in [0, 0.1) is 11.3 Å². The molecule has 2 aliphatic rings. The Hall–Kier alpha value is -3.68. The number of nitrogens with zero attached hydrogens (tertiary/aromatic N) is 5. The first-order valence-corrected chi connectivity index (χ1v) is 11.1. The number of aromatic amines is 1. The van der Waals surface area contributed by atoms with E-state index in [1.165, 1.54) is 0 Å². The number of amides is 1. The Morgan fingerprint density at radius 3 is 2.91 bits per heavy atom. The Morgan fingerprint density at radius 1 is 1.36 bits per heavy atom.